The van der Waals surface area contributed by atoms with Gasteiger partial charge in [-0.1, -0.05) is 29.8 Å². The molecule has 2 atom stereocenters. The molecule has 8 nitrogen and oxygen atoms in total. The van der Waals surface area contributed by atoms with Crippen LogP contribution in [0.4, 0.5) is 4.39 Å². The number of Topliss-reactive ketones (excluding diaryl/α,β-unsaturated/α-hetero) is 2. The van der Waals surface area contributed by atoms with Crippen LogP contribution < -0.4 is 5.32 Å². The highest BCUT2D eigenvalue weighted by atomic mass is 35.5. The number of ketones is 2. The second-order valence-corrected chi connectivity index (χ2v) is 11.5. The van der Waals surface area contributed by atoms with Gasteiger partial charge in [0.25, 0.3) is 0 Å². The molecule has 3 aliphatic heterocycles. The number of sulfone groups is 1. The quantitative estimate of drug-likeness (QED) is 0.602. The fraction of sp³-hybridized carbons (Fsp3) is 0.360. The number of amides is 2. The fourth-order valence-corrected chi connectivity index (χ4v) is 6.90. The summed E-state index contributed by atoms with van der Waals surface area (Å²) in [6.45, 7) is 0.497. The molecular formula is C25H24ClFN2O6S. The van der Waals surface area contributed by atoms with Crippen molar-refractivity contribution in [2.24, 2.45) is 5.92 Å². The van der Waals surface area contributed by atoms with E-state index in [-0.39, 0.29) is 36.0 Å². The lowest BCUT2D eigenvalue weighted by molar-refractivity contribution is -0.150. The summed E-state index contributed by atoms with van der Waals surface area (Å²) in [5, 5.41) is 2.98. The molecule has 11 heteroatoms. The summed E-state index contributed by atoms with van der Waals surface area (Å²) in [5.41, 5.74) is 0.324. The van der Waals surface area contributed by atoms with Crippen molar-refractivity contribution in [1.82, 2.24) is 10.2 Å². The summed E-state index contributed by atoms with van der Waals surface area (Å²) < 4.78 is 40.4. The van der Waals surface area contributed by atoms with Gasteiger partial charge in [0.15, 0.2) is 5.78 Å². The Morgan fingerprint density at radius 2 is 1.69 bits per heavy atom. The zero-order valence-electron chi connectivity index (χ0n) is 19.2. The Balaban J connectivity index is 0.000000286. The van der Waals surface area contributed by atoms with Crippen LogP contribution in [0, 0.1) is 11.7 Å². The molecule has 0 spiro atoms. The van der Waals surface area contributed by atoms with Crippen LogP contribution in [0.2, 0.25) is 5.02 Å². The maximum atomic E-state index is 14.0. The van der Waals surface area contributed by atoms with Gasteiger partial charge in [0.1, 0.15) is 11.6 Å². The highest BCUT2D eigenvalue weighted by Crippen LogP contribution is 2.48. The van der Waals surface area contributed by atoms with Crippen molar-refractivity contribution in [1.29, 1.82) is 0 Å². The lowest BCUT2D eigenvalue weighted by Crippen LogP contribution is -2.67. The monoisotopic (exact) mass is 534 g/mol. The predicted octanol–water partition coefficient (Wildman–Crippen LogP) is 2.48. The largest absolute Gasteiger partial charge is 0.356 e. The number of hydrogen-bond donors (Lipinski definition) is 1. The minimum absolute atomic E-state index is 0.000787. The molecule has 5 rings (SSSR count). The molecule has 0 aliphatic carbocycles. The average Bonchev–Trinajstić information content (AvgIpc) is 2.93. The van der Waals surface area contributed by atoms with Crippen molar-refractivity contribution < 1.29 is 32.0 Å². The van der Waals surface area contributed by atoms with Gasteiger partial charge in [-0.25, -0.2) is 12.8 Å². The molecule has 1 N–H and O–H groups in total. The third kappa shape index (κ3) is 4.67. The summed E-state index contributed by atoms with van der Waals surface area (Å²) >= 11 is 5.82. The Kier molecular flexibility index (Phi) is 7.28. The van der Waals surface area contributed by atoms with Crippen molar-refractivity contribution in [3.8, 4) is 0 Å². The van der Waals surface area contributed by atoms with Gasteiger partial charge < -0.3 is 10.2 Å². The van der Waals surface area contributed by atoms with E-state index >= 15 is 0 Å². The van der Waals surface area contributed by atoms with E-state index < -0.39 is 38.1 Å². The van der Waals surface area contributed by atoms with E-state index in [9.17, 15) is 32.0 Å². The molecule has 190 valence electrons. The first-order valence-corrected chi connectivity index (χ1v) is 13.3. The molecular weight excluding hydrogens is 511 g/mol. The first-order valence-electron chi connectivity index (χ1n) is 11.4. The zero-order valence-corrected chi connectivity index (χ0v) is 20.8. The first kappa shape index (κ1) is 26.0. The second kappa shape index (κ2) is 10.1. The normalized spacial score (nSPS) is 23.7. The van der Waals surface area contributed by atoms with E-state index in [2.05, 4.69) is 5.32 Å². The van der Waals surface area contributed by atoms with E-state index in [0.717, 1.165) is 4.90 Å². The predicted molar refractivity (Wildman–Crippen MR) is 128 cm³/mol. The lowest BCUT2D eigenvalue weighted by atomic mass is 9.93. The van der Waals surface area contributed by atoms with Gasteiger partial charge in [-0.2, -0.15) is 0 Å². The molecule has 3 saturated heterocycles. The molecule has 0 bridgehead atoms. The molecule has 36 heavy (non-hydrogen) atoms. The zero-order chi connectivity index (χ0) is 26.1. The number of β-lactam (4-membered cyclic amide) rings is 1. The first-order chi connectivity index (χ1) is 17.1. The van der Waals surface area contributed by atoms with Crippen molar-refractivity contribution in [2.45, 2.75) is 41.9 Å². The smallest absolute Gasteiger partial charge is 0.228 e. The van der Waals surface area contributed by atoms with E-state index in [4.69, 9.17) is 11.6 Å². The Morgan fingerprint density at radius 3 is 2.36 bits per heavy atom. The van der Waals surface area contributed by atoms with Crippen LogP contribution in [0.3, 0.4) is 0 Å². The van der Waals surface area contributed by atoms with Gasteiger partial charge in [-0.3, -0.25) is 19.2 Å². The molecule has 3 heterocycles. The van der Waals surface area contributed by atoms with Crippen LogP contribution in [0.1, 0.15) is 31.2 Å². The molecule has 3 aliphatic rings. The van der Waals surface area contributed by atoms with Gasteiger partial charge in [0.2, 0.25) is 26.5 Å². The number of carbonyl (C=O) groups excluding carboxylic acids is 4. The Bertz CT molecular complexity index is 1310. The van der Waals surface area contributed by atoms with Gasteiger partial charge in [-0.15, -0.1) is 0 Å². The molecule has 2 aromatic rings. The van der Waals surface area contributed by atoms with E-state index in [1.807, 2.05) is 0 Å². The number of carbonyl (C=O) groups is 4. The fourth-order valence-electron chi connectivity index (χ4n) is 4.67. The number of nitrogens with one attached hydrogen (secondary N) is 1. The summed E-state index contributed by atoms with van der Waals surface area (Å²) in [7, 11) is -4.13. The van der Waals surface area contributed by atoms with E-state index in [0.29, 0.717) is 36.4 Å². The third-order valence-corrected chi connectivity index (χ3v) is 9.24. The van der Waals surface area contributed by atoms with Gasteiger partial charge in [-0.05, 0) is 42.3 Å². The van der Waals surface area contributed by atoms with Crippen LogP contribution in [0.15, 0.2) is 53.4 Å². The van der Waals surface area contributed by atoms with Crippen molar-refractivity contribution in [3.63, 3.8) is 0 Å². The Morgan fingerprint density at radius 1 is 1.00 bits per heavy atom. The second-order valence-electron chi connectivity index (χ2n) is 8.92. The molecule has 2 aromatic carbocycles. The van der Waals surface area contributed by atoms with Crippen LogP contribution in [-0.4, -0.2) is 54.7 Å². The minimum Gasteiger partial charge on any atom is -0.356 e. The highest BCUT2D eigenvalue weighted by Gasteiger charge is 2.70. The standard InChI is InChI=1S/C19H15ClFNO4S.C6H9NO2/c20-14-5-7-15(8-6-14)27(25,26)19-10-17(23)22(19)11-13(18(19)24)9-12-3-1-2-4-16(12)21;8-5-1-2-6(9)7-4-3-5/h1-8,13H,9-11H2;1-4H2,(H,7,9). The number of rotatable bonds is 4. The maximum absolute atomic E-state index is 14.0. The summed E-state index contributed by atoms with van der Waals surface area (Å²) in [5.74, 6) is -1.98. The molecule has 3 fully saturated rings. The maximum Gasteiger partial charge on any atom is 0.228 e. The van der Waals surface area contributed by atoms with Crippen LogP contribution >= 0.6 is 11.6 Å². The summed E-state index contributed by atoms with van der Waals surface area (Å²) in [4.78, 5) is 45.5. The minimum atomic E-state index is -4.13. The molecule has 2 amide bonds. The number of benzene rings is 2. The summed E-state index contributed by atoms with van der Waals surface area (Å²) in [6.07, 6.45) is 0.966. The Labute approximate surface area is 212 Å². The van der Waals surface area contributed by atoms with Crippen molar-refractivity contribution in [3.05, 3.63) is 64.9 Å². The number of fused-ring (bicyclic) bond motifs is 1. The highest BCUT2D eigenvalue weighted by molar-refractivity contribution is 7.93. The molecule has 0 saturated carbocycles. The molecule has 0 radical (unpaired) electrons. The topological polar surface area (TPSA) is 118 Å². The molecule has 0 aromatic heterocycles. The average molecular weight is 535 g/mol. The van der Waals surface area contributed by atoms with Crippen molar-refractivity contribution >= 4 is 44.8 Å². The van der Waals surface area contributed by atoms with E-state index in [1.54, 1.807) is 18.2 Å². The molecule has 2 unspecified atom stereocenters. The van der Waals surface area contributed by atoms with E-state index in [1.165, 1.54) is 30.3 Å². The summed E-state index contributed by atoms with van der Waals surface area (Å²) in [6, 6.07) is 11.5. The SMILES string of the molecule is O=C1CC2(S(=O)(=O)c3ccc(Cl)cc3)C(=O)C(Cc3ccccc3F)CN12.O=C1CCNC(=O)CC1. The van der Waals surface area contributed by atoms with Crippen LogP contribution in [0.25, 0.3) is 0 Å². The van der Waals surface area contributed by atoms with Gasteiger partial charge in [0.05, 0.1) is 11.3 Å². The lowest BCUT2D eigenvalue weighted by Gasteiger charge is -2.44. The van der Waals surface area contributed by atoms with Gasteiger partial charge >= 0.3 is 0 Å². The van der Waals surface area contributed by atoms with Crippen LogP contribution in [0.5, 0.6) is 0 Å². The number of nitrogens with zero attached hydrogens (tertiary/aromatic N) is 1. The van der Waals surface area contributed by atoms with Crippen LogP contribution in [-0.2, 0) is 35.4 Å². The number of hydrogen-bond acceptors (Lipinski definition) is 6. The van der Waals surface area contributed by atoms with Crippen molar-refractivity contribution in [2.75, 3.05) is 13.1 Å². The third-order valence-electron chi connectivity index (χ3n) is 6.64. The Hall–Kier alpha value is -3.11. The van der Waals surface area contributed by atoms with Gasteiger partial charge in [0, 0.05) is 43.3 Å². The number of halogens is 2.